The Kier molecular flexibility index (Phi) is 6.00. The summed E-state index contributed by atoms with van der Waals surface area (Å²) in [6.07, 6.45) is 4.16. The molecule has 1 aromatic heterocycles. The maximum absolute atomic E-state index is 12.2. The highest BCUT2D eigenvalue weighted by molar-refractivity contribution is 5.85. The fraction of sp³-hybridized carbons (Fsp3) is 0.625. The molecule has 0 aliphatic heterocycles. The Bertz CT molecular complexity index is 460. The summed E-state index contributed by atoms with van der Waals surface area (Å²) in [7, 11) is 0. The van der Waals surface area contributed by atoms with Gasteiger partial charge in [0.25, 0.3) is 0 Å². The molecule has 1 amide bonds. The first-order valence-corrected chi connectivity index (χ1v) is 7.34. The second-order valence-corrected chi connectivity index (χ2v) is 6.30. The van der Waals surface area contributed by atoms with Gasteiger partial charge in [0.05, 0.1) is 6.61 Å². The van der Waals surface area contributed by atoms with Crippen LogP contribution in [-0.2, 0) is 14.3 Å². The molecule has 0 saturated heterocycles. The minimum absolute atomic E-state index is 0.0443. The van der Waals surface area contributed by atoms with Gasteiger partial charge >= 0.3 is 5.97 Å². The van der Waals surface area contributed by atoms with Crippen LogP contribution >= 0.6 is 0 Å². The lowest BCUT2D eigenvalue weighted by Gasteiger charge is -2.29. The summed E-state index contributed by atoms with van der Waals surface area (Å²) in [6, 6.07) is 3.25. The summed E-state index contributed by atoms with van der Waals surface area (Å²) < 4.78 is 7.02. The lowest BCUT2D eigenvalue weighted by molar-refractivity contribution is -0.150. The highest BCUT2D eigenvalue weighted by Crippen LogP contribution is 2.21. The topological polar surface area (TPSA) is 60.3 Å². The van der Waals surface area contributed by atoms with Crippen molar-refractivity contribution < 1.29 is 14.3 Å². The van der Waals surface area contributed by atoms with Gasteiger partial charge in [-0.3, -0.25) is 4.79 Å². The van der Waals surface area contributed by atoms with Crippen molar-refractivity contribution >= 4 is 11.9 Å². The van der Waals surface area contributed by atoms with Gasteiger partial charge in [0, 0.05) is 24.9 Å². The van der Waals surface area contributed by atoms with Crippen LogP contribution in [0.1, 0.15) is 47.1 Å². The van der Waals surface area contributed by atoms with E-state index < -0.39 is 11.5 Å². The van der Waals surface area contributed by atoms with Crippen LogP contribution in [0.25, 0.3) is 0 Å². The monoisotopic (exact) mass is 294 g/mol. The first-order valence-electron chi connectivity index (χ1n) is 7.34. The molecule has 0 radical (unpaired) electrons. The van der Waals surface area contributed by atoms with Crippen LogP contribution in [-0.4, -0.2) is 29.1 Å². The van der Waals surface area contributed by atoms with Crippen LogP contribution in [0.5, 0.6) is 0 Å². The summed E-state index contributed by atoms with van der Waals surface area (Å²) in [6.45, 7) is 9.75. The number of hydrogen-bond donors (Lipinski definition) is 1. The van der Waals surface area contributed by atoms with E-state index in [2.05, 4.69) is 5.32 Å². The highest BCUT2D eigenvalue weighted by Gasteiger charge is 2.34. The van der Waals surface area contributed by atoms with Crippen molar-refractivity contribution in [1.29, 1.82) is 0 Å². The summed E-state index contributed by atoms with van der Waals surface area (Å²) in [4.78, 5) is 24.2. The van der Waals surface area contributed by atoms with Crippen molar-refractivity contribution in [1.82, 2.24) is 9.88 Å². The lowest BCUT2D eigenvalue weighted by Crippen LogP contribution is -2.50. The molecule has 1 heterocycles. The van der Waals surface area contributed by atoms with Crippen LogP contribution in [0.4, 0.5) is 0 Å². The van der Waals surface area contributed by atoms with Gasteiger partial charge < -0.3 is 14.6 Å². The minimum Gasteiger partial charge on any atom is -0.464 e. The normalized spacial score (nSPS) is 14.3. The van der Waals surface area contributed by atoms with Crippen LogP contribution in [0, 0.1) is 5.41 Å². The fourth-order valence-electron chi connectivity index (χ4n) is 2.09. The van der Waals surface area contributed by atoms with Gasteiger partial charge in [-0.15, -0.1) is 0 Å². The number of rotatable bonds is 6. The smallest absolute Gasteiger partial charge is 0.329 e. The molecule has 5 heteroatoms. The summed E-state index contributed by atoms with van der Waals surface area (Å²) >= 11 is 0. The van der Waals surface area contributed by atoms with Crippen LogP contribution in [0.2, 0.25) is 0 Å². The molecule has 0 bridgehead atoms. The average molecular weight is 294 g/mol. The van der Waals surface area contributed by atoms with E-state index in [0.29, 0.717) is 13.0 Å². The molecule has 0 aliphatic rings. The van der Waals surface area contributed by atoms with E-state index in [1.54, 1.807) is 6.92 Å². The molecule has 0 spiro atoms. The fourth-order valence-corrected chi connectivity index (χ4v) is 2.09. The maximum Gasteiger partial charge on any atom is 0.329 e. The van der Waals surface area contributed by atoms with E-state index >= 15 is 0 Å². The van der Waals surface area contributed by atoms with Crippen molar-refractivity contribution in [2.24, 2.45) is 5.41 Å². The van der Waals surface area contributed by atoms with Crippen molar-refractivity contribution in [2.75, 3.05) is 6.61 Å². The SMILES string of the molecule is CCOC(=O)[C@@H](NC(=O)C[C@H](C)n1cccc1)C(C)(C)C. The molecule has 21 heavy (non-hydrogen) atoms. The Labute approximate surface area is 126 Å². The number of carbonyl (C=O) groups excluding carboxylic acids is 2. The third-order valence-electron chi connectivity index (χ3n) is 3.31. The number of ether oxygens (including phenoxy) is 1. The molecule has 1 N–H and O–H groups in total. The second kappa shape index (κ2) is 7.29. The Balaban J connectivity index is 2.66. The number of nitrogens with zero attached hydrogens (tertiary/aromatic N) is 1. The predicted octanol–water partition coefficient (Wildman–Crippen LogP) is 2.53. The van der Waals surface area contributed by atoms with Crippen molar-refractivity contribution in [3.63, 3.8) is 0 Å². The molecular weight excluding hydrogens is 268 g/mol. The molecule has 0 aromatic carbocycles. The number of hydrogen-bond acceptors (Lipinski definition) is 3. The van der Waals surface area contributed by atoms with Gasteiger partial charge in [0.15, 0.2) is 0 Å². The predicted molar refractivity (Wildman–Crippen MR) is 81.8 cm³/mol. The zero-order valence-corrected chi connectivity index (χ0v) is 13.6. The van der Waals surface area contributed by atoms with Crippen molar-refractivity contribution in [3.05, 3.63) is 24.5 Å². The van der Waals surface area contributed by atoms with Gasteiger partial charge in [-0.05, 0) is 31.4 Å². The molecule has 5 nitrogen and oxygen atoms in total. The first-order chi connectivity index (χ1) is 9.75. The molecule has 2 atom stereocenters. The van der Waals surface area contributed by atoms with Gasteiger partial charge in [-0.2, -0.15) is 0 Å². The molecule has 0 saturated carbocycles. The standard InChI is InChI=1S/C16H26N2O3/c1-6-21-15(20)14(16(3,4)5)17-13(19)11-12(2)18-9-7-8-10-18/h7-10,12,14H,6,11H2,1-5H3,(H,17,19)/t12-,14+/m0/s1. The van der Waals surface area contributed by atoms with Crippen molar-refractivity contribution in [3.8, 4) is 0 Å². The molecule has 1 rings (SSSR count). The molecule has 118 valence electrons. The quantitative estimate of drug-likeness (QED) is 0.820. The number of amides is 1. The van der Waals surface area contributed by atoms with E-state index in [-0.39, 0.29) is 17.9 Å². The summed E-state index contributed by atoms with van der Waals surface area (Å²) in [5.74, 6) is -0.531. The molecule has 1 aromatic rings. The Morgan fingerprint density at radius 1 is 1.24 bits per heavy atom. The minimum atomic E-state index is -0.637. The molecule has 0 aliphatic carbocycles. The van der Waals surface area contributed by atoms with Crippen LogP contribution in [0.15, 0.2) is 24.5 Å². The lowest BCUT2D eigenvalue weighted by atomic mass is 9.86. The third kappa shape index (κ3) is 5.25. The highest BCUT2D eigenvalue weighted by atomic mass is 16.5. The number of esters is 1. The molecule has 0 unspecified atom stereocenters. The Hall–Kier alpha value is -1.78. The van der Waals surface area contributed by atoms with Gasteiger partial charge in [0.2, 0.25) is 5.91 Å². The van der Waals surface area contributed by atoms with Gasteiger partial charge in [-0.25, -0.2) is 4.79 Å². The van der Waals surface area contributed by atoms with Crippen LogP contribution in [0.3, 0.4) is 0 Å². The molecule has 0 fully saturated rings. The summed E-state index contributed by atoms with van der Waals surface area (Å²) in [5, 5.41) is 2.81. The average Bonchev–Trinajstić information content (AvgIpc) is 2.88. The Morgan fingerprint density at radius 3 is 2.29 bits per heavy atom. The number of carbonyl (C=O) groups is 2. The maximum atomic E-state index is 12.2. The molecular formula is C16H26N2O3. The number of nitrogens with one attached hydrogen (secondary N) is 1. The largest absolute Gasteiger partial charge is 0.464 e. The van der Waals surface area contributed by atoms with Gasteiger partial charge in [-0.1, -0.05) is 20.8 Å². The van der Waals surface area contributed by atoms with E-state index in [1.165, 1.54) is 0 Å². The van der Waals surface area contributed by atoms with Gasteiger partial charge in [0.1, 0.15) is 6.04 Å². The number of aromatic nitrogens is 1. The van der Waals surface area contributed by atoms with Crippen LogP contribution < -0.4 is 5.32 Å². The van der Waals surface area contributed by atoms with E-state index in [0.717, 1.165) is 0 Å². The first kappa shape index (κ1) is 17.3. The summed E-state index contributed by atoms with van der Waals surface area (Å²) in [5.41, 5.74) is -0.390. The van der Waals surface area contributed by atoms with E-state index in [4.69, 9.17) is 4.74 Å². The van der Waals surface area contributed by atoms with Crippen molar-refractivity contribution in [2.45, 2.75) is 53.1 Å². The Morgan fingerprint density at radius 2 is 1.81 bits per heavy atom. The third-order valence-corrected chi connectivity index (χ3v) is 3.31. The second-order valence-electron chi connectivity index (χ2n) is 6.30. The van der Waals surface area contributed by atoms with E-state index in [9.17, 15) is 9.59 Å². The van der Waals surface area contributed by atoms with E-state index in [1.807, 2.05) is 56.8 Å². The zero-order valence-electron chi connectivity index (χ0n) is 13.6. The zero-order chi connectivity index (χ0) is 16.0.